The molecule has 1 amide bonds. The molecule has 2 aliphatic heterocycles. The molecule has 1 N–H and O–H groups in total. The number of piperidine rings is 1. The van der Waals surface area contributed by atoms with E-state index in [1.54, 1.807) is 16.7 Å². The van der Waals surface area contributed by atoms with Crippen molar-refractivity contribution in [3.8, 4) is 0 Å². The fraction of sp³-hybridized carbons (Fsp3) is 0.846. The lowest BCUT2D eigenvalue weighted by Gasteiger charge is -2.40. The quantitative estimate of drug-likeness (QED) is 0.834. The summed E-state index contributed by atoms with van der Waals surface area (Å²) >= 11 is 1.68. The highest BCUT2D eigenvalue weighted by Gasteiger charge is 2.45. The van der Waals surface area contributed by atoms with Gasteiger partial charge in [0.25, 0.3) is 0 Å². The van der Waals surface area contributed by atoms with Crippen LogP contribution in [0.25, 0.3) is 0 Å². The van der Waals surface area contributed by atoms with Crippen LogP contribution >= 0.6 is 11.8 Å². The van der Waals surface area contributed by atoms with E-state index in [0.717, 1.165) is 31.4 Å². The Bertz CT molecular complexity index is 352. The normalized spacial score (nSPS) is 36.7. The van der Waals surface area contributed by atoms with Crippen LogP contribution in [0.3, 0.4) is 0 Å². The maximum absolute atomic E-state index is 12.6. The second-order valence-corrected chi connectivity index (χ2v) is 7.18. The molecule has 0 aromatic rings. The van der Waals surface area contributed by atoms with Crippen molar-refractivity contribution >= 4 is 23.6 Å². The van der Waals surface area contributed by atoms with Gasteiger partial charge in [0.1, 0.15) is 6.04 Å². The minimum atomic E-state index is -0.859. The number of aliphatic carboxylic acids is 1. The third-order valence-corrected chi connectivity index (χ3v) is 5.63. The van der Waals surface area contributed by atoms with Crippen LogP contribution in [0.5, 0.6) is 0 Å². The van der Waals surface area contributed by atoms with Gasteiger partial charge < -0.3 is 10.0 Å². The number of hydrogen-bond acceptors (Lipinski definition) is 3. The van der Waals surface area contributed by atoms with Gasteiger partial charge in [0, 0.05) is 6.54 Å². The lowest BCUT2D eigenvalue weighted by atomic mass is 9.89. The van der Waals surface area contributed by atoms with E-state index in [9.17, 15) is 14.7 Å². The molecule has 0 bridgehead atoms. The molecule has 102 valence electrons. The van der Waals surface area contributed by atoms with Gasteiger partial charge in [-0.2, -0.15) is 0 Å². The first-order valence-corrected chi connectivity index (χ1v) is 7.62. The van der Waals surface area contributed by atoms with Gasteiger partial charge >= 0.3 is 5.97 Å². The Morgan fingerprint density at radius 2 is 2.11 bits per heavy atom. The zero-order valence-corrected chi connectivity index (χ0v) is 11.8. The molecule has 0 aromatic carbocycles. The molecule has 2 rings (SSSR count). The lowest BCUT2D eigenvalue weighted by Crippen LogP contribution is -2.56. The molecular weight excluding hydrogens is 250 g/mol. The Kier molecular flexibility index (Phi) is 3.90. The molecule has 4 nitrogen and oxygen atoms in total. The summed E-state index contributed by atoms with van der Waals surface area (Å²) in [6.45, 7) is 4.49. The predicted molar refractivity (Wildman–Crippen MR) is 71.6 cm³/mol. The number of carboxylic acids is 1. The molecule has 3 unspecified atom stereocenters. The summed E-state index contributed by atoms with van der Waals surface area (Å²) in [6, 6.07) is -0.635. The standard InChI is InChI=1S/C13H21NO3S/c1-9-5-3-7-14(10(9)11(15)16)12(17)13(2)6-4-8-18-13/h9-10H,3-8H2,1-2H3,(H,15,16). The first-order chi connectivity index (χ1) is 8.46. The largest absolute Gasteiger partial charge is 0.480 e. The van der Waals surface area contributed by atoms with Gasteiger partial charge in [-0.05, 0) is 44.3 Å². The first kappa shape index (κ1) is 13.7. The zero-order chi connectivity index (χ0) is 13.3. The van der Waals surface area contributed by atoms with Crippen molar-refractivity contribution in [3.05, 3.63) is 0 Å². The van der Waals surface area contributed by atoms with E-state index in [0.29, 0.717) is 6.54 Å². The maximum Gasteiger partial charge on any atom is 0.326 e. The van der Waals surface area contributed by atoms with Gasteiger partial charge in [-0.15, -0.1) is 11.8 Å². The van der Waals surface area contributed by atoms with E-state index in [4.69, 9.17) is 0 Å². The fourth-order valence-corrected chi connectivity index (χ4v) is 4.31. The highest BCUT2D eigenvalue weighted by molar-refractivity contribution is 8.01. The van der Waals surface area contributed by atoms with Crippen LogP contribution in [0.4, 0.5) is 0 Å². The minimum Gasteiger partial charge on any atom is -0.480 e. The highest BCUT2D eigenvalue weighted by atomic mass is 32.2. The van der Waals surface area contributed by atoms with Gasteiger partial charge in [0.15, 0.2) is 0 Å². The van der Waals surface area contributed by atoms with Crippen LogP contribution in [0.1, 0.15) is 39.5 Å². The number of amides is 1. The van der Waals surface area contributed by atoms with Crippen LogP contribution in [0.2, 0.25) is 0 Å². The monoisotopic (exact) mass is 271 g/mol. The molecule has 2 saturated heterocycles. The minimum absolute atomic E-state index is 0.0314. The SMILES string of the molecule is CC1CCCN(C(=O)C2(C)CCCS2)C1C(=O)O. The van der Waals surface area contributed by atoms with Crippen molar-refractivity contribution in [3.63, 3.8) is 0 Å². The van der Waals surface area contributed by atoms with E-state index in [-0.39, 0.29) is 11.8 Å². The number of carboxylic acid groups (broad SMARTS) is 1. The summed E-state index contributed by atoms with van der Waals surface area (Å²) in [6.07, 6.45) is 3.73. The molecule has 0 saturated carbocycles. The first-order valence-electron chi connectivity index (χ1n) is 6.63. The summed E-state index contributed by atoms with van der Waals surface area (Å²) in [5.74, 6) is 0.227. The van der Waals surface area contributed by atoms with Crippen molar-refractivity contribution in [2.75, 3.05) is 12.3 Å². The maximum atomic E-state index is 12.6. The number of carbonyl (C=O) groups excluding carboxylic acids is 1. The number of carbonyl (C=O) groups is 2. The van der Waals surface area contributed by atoms with Crippen LogP contribution in [0, 0.1) is 5.92 Å². The van der Waals surface area contributed by atoms with E-state index in [1.807, 2.05) is 13.8 Å². The molecule has 0 aliphatic carbocycles. The average molecular weight is 271 g/mol. The smallest absolute Gasteiger partial charge is 0.326 e. The van der Waals surface area contributed by atoms with Gasteiger partial charge in [-0.1, -0.05) is 6.92 Å². The van der Waals surface area contributed by atoms with Crippen LogP contribution in [0.15, 0.2) is 0 Å². The summed E-state index contributed by atoms with van der Waals surface area (Å²) in [4.78, 5) is 25.6. The van der Waals surface area contributed by atoms with Crippen molar-refractivity contribution < 1.29 is 14.7 Å². The molecule has 2 heterocycles. The lowest BCUT2D eigenvalue weighted by molar-refractivity contribution is -0.155. The number of thioether (sulfide) groups is 1. The predicted octanol–water partition coefficient (Wildman–Crippen LogP) is 1.98. The van der Waals surface area contributed by atoms with Gasteiger partial charge in [-0.25, -0.2) is 4.79 Å². The summed E-state index contributed by atoms with van der Waals surface area (Å²) < 4.78 is -0.398. The Balaban J connectivity index is 2.19. The average Bonchev–Trinajstić information content (AvgIpc) is 2.75. The Morgan fingerprint density at radius 1 is 1.39 bits per heavy atom. The fourth-order valence-electron chi connectivity index (χ4n) is 3.04. The van der Waals surface area contributed by atoms with Crippen LogP contribution < -0.4 is 0 Å². The zero-order valence-electron chi connectivity index (χ0n) is 11.0. The van der Waals surface area contributed by atoms with Crippen molar-refractivity contribution in [2.24, 2.45) is 5.92 Å². The van der Waals surface area contributed by atoms with Crippen molar-refractivity contribution in [2.45, 2.75) is 50.3 Å². The van der Waals surface area contributed by atoms with E-state index < -0.39 is 16.8 Å². The van der Waals surface area contributed by atoms with Crippen molar-refractivity contribution in [1.82, 2.24) is 4.90 Å². The summed E-state index contributed by atoms with van der Waals surface area (Å²) in [7, 11) is 0. The van der Waals surface area contributed by atoms with E-state index >= 15 is 0 Å². The van der Waals surface area contributed by atoms with Crippen molar-refractivity contribution in [1.29, 1.82) is 0 Å². The Hall–Kier alpha value is -0.710. The number of hydrogen-bond donors (Lipinski definition) is 1. The molecule has 18 heavy (non-hydrogen) atoms. The second-order valence-electron chi connectivity index (χ2n) is 5.58. The van der Waals surface area contributed by atoms with Gasteiger partial charge in [0.2, 0.25) is 5.91 Å². The third kappa shape index (κ3) is 2.37. The topological polar surface area (TPSA) is 57.6 Å². The number of nitrogens with zero attached hydrogens (tertiary/aromatic N) is 1. The van der Waals surface area contributed by atoms with E-state index in [1.165, 1.54) is 0 Å². The molecule has 2 fully saturated rings. The highest BCUT2D eigenvalue weighted by Crippen LogP contribution is 2.40. The number of rotatable bonds is 2. The molecule has 5 heteroatoms. The third-order valence-electron chi connectivity index (χ3n) is 4.12. The molecule has 3 atom stereocenters. The molecule has 2 aliphatic rings. The molecule has 0 spiro atoms. The molecule has 0 aromatic heterocycles. The number of likely N-dealkylation sites (tertiary alicyclic amines) is 1. The van der Waals surface area contributed by atoms with E-state index in [2.05, 4.69) is 0 Å². The van der Waals surface area contributed by atoms with Crippen LogP contribution in [-0.2, 0) is 9.59 Å². The second kappa shape index (κ2) is 5.11. The van der Waals surface area contributed by atoms with Gasteiger partial charge in [0.05, 0.1) is 4.75 Å². The molecule has 0 radical (unpaired) electrons. The summed E-state index contributed by atoms with van der Waals surface area (Å²) in [5, 5.41) is 9.35. The summed E-state index contributed by atoms with van der Waals surface area (Å²) in [5.41, 5.74) is 0. The molecular formula is C13H21NO3S. The van der Waals surface area contributed by atoms with Crippen LogP contribution in [-0.4, -0.2) is 45.0 Å². The van der Waals surface area contributed by atoms with Gasteiger partial charge in [-0.3, -0.25) is 4.79 Å². The Morgan fingerprint density at radius 3 is 2.67 bits per heavy atom. The Labute approximate surface area is 112 Å².